The Morgan fingerprint density at radius 1 is 1.38 bits per heavy atom. The first-order valence-electron chi connectivity index (χ1n) is 9.74. The lowest BCUT2D eigenvalue weighted by atomic mass is 9.81. The van der Waals surface area contributed by atoms with Gasteiger partial charge in [0.1, 0.15) is 0 Å². The van der Waals surface area contributed by atoms with Gasteiger partial charge in [-0.25, -0.2) is 5.48 Å². The van der Waals surface area contributed by atoms with Gasteiger partial charge in [-0.05, 0) is 43.2 Å². The van der Waals surface area contributed by atoms with Crippen molar-refractivity contribution in [3.8, 4) is 0 Å². The number of ether oxygens (including phenoxy) is 1. The van der Waals surface area contributed by atoms with E-state index in [1.807, 2.05) is 12.1 Å². The van der Waals surface area contributed by atoms with E-state index < -0.39 is 5.91 Å². The summed E-state index contributed by atoms with van der Waals surface area (Å²) < 4.78 is 5.51. The third-order valence-corrected chi connectivity index (χ3v) is 6.42. The third-order valence-electron chi connectivity index (χ3n) is 6.42. The number of hydrogen-bond acceptors (Lipinski definition) is 6. The maximum absolute atomic E-state index is 11.6. The summed E-state index contributed by atoms with van der Waals surface area (Å²) in [4.78, 5) is 11.6. The predicted octanol–water partition coefficient (Wildman–Crippen LogP) is 2.27. The molecule has 0 bridgehead atoms. The maximum Gasteiger partial charge on any atom is 0.276 e. The minimum Gasteiger partial charge on any atom is -0.384 e. The van der Waals surface area contributed by atoms with Gasteiger partial charge in [0.2, 0.25) is 0 Å². The summed E-state index contributed by atoms with van der Waals surface area (Å²) in [6.45, 7) is 2.81. The summed E-state index contributed by atoms with van der Waals surface area (Å²) in [6, 6.07) is 8.45. The van der Waals surface area contributed by atoms with Gasteiger partial charge in [0.25, 0.3) is 5.91 Å². The molecule has 2 atom stereocenters. The first-order chi connectivity index (χ1) is 14.0. The van der Waals surface area contributed by atoms with Gasteiger partial charge in [-0.3, -0.25) is 15.4 Å². The van der Waals surface area contributed by atoms with Crippen molar-refractivity contribution in [3.05, 3.63) is 65.4 Å². The van der Waals surface area contributed by atoms with Crippen LogP contribution in [0.25, 0.3) is 0 Å². The second kappa shape index (κ2) is 7.59. The average Bonchev–Trinajstić information content (AvgIpc) is 3.43. The Bertz CT molecular complexity index is 914. The number of anilines is 1. The fourth-order valence-corrected chi connectivity index (χ4v) is 4.80. The number of benzene rings is 1. The van der Waals surface area contributed by atoms with Crippen LogP contribution in [0.1, 0.15) is 18.4 Å². The predicted molar refractivity (Wildman–Crippen MR) is 111 cm³/mol. The number of allylic oxidation sites excluding steroid dienone is 4. The standard InChI is InChI=1S/C22H26N4O3/c1-29-14-21-12-22(21,9-10-24-13-21)16-5-7-17(8-6-16)25-11-15-3-2-4-18(19(15)23)20(27)26-28/h2-8,11,23-25,28H,9-10,12-14H2,1H3,(H,26,27)/b15-11-,23-19?. The van der Waals surface area contributed by atoms with Crippen LogP contribution in [0.4, 0.5) is 5.69 Å². The smallest absolute Gasteiger partial charge is 0.276 e. The summed E-state index contributed by atoms with van der Waals surface area (Å²) >= 11 is 0. The summed E-state index contributed by atoms with van der Waals surface area (Å²) in [5, 5.41) is 23.7. The zero-order valence-electron chi connectivity index (χ0n) is 16.4. The van der Waals surface area contributed by atoms with Gasteiger partial charge in [-0.2, -0.15) is 0 Å². The van der Waals surface area contributed by atoms with E-state index in [0.29, 0.717) is 5.57 Å². The van der Waals surface area contributed by atoms with Crippen LogP contribution in [0.15, 0.2) is 59.8 Å². The topological polar surface area (TPSA) is 106 Å². The van der Waals surface area contributed by atoms with Crippen LogP contribution in [0.5, 0.6) is 0 Å². The molecule has 3 aliphatic rings. The third kappa shape index (κ3) is 3.31. The summed E-state index contributed by atoms with van der Waals surface area (Å²) in [7, 11) is 1.77. The van der Waals surface area contributed by atoms with E-state index in [1.165, 1.54) is 11.6 Å². The molecule has 2 fully saturated rings. The average molecular weight is 394 g/mol. The van der Waals surface area contributed by atoms with Crippen LogP contribution < -0.4 is 16.1 Å². The molecule has 1 aliphatic heterocycles. The molecule has 1 aromatic carbocycles. The molecule has 5 N–H and O–H groups in total. The zero-order valence-corrected chi connectivity index (χ0v) is 16.4. The summed E-state index contributed by atoms with van der Waals surface area (Å²) in [6.07, 6.45) is 8.90. The van der Waals surface area contributed by atoms with Crippen molar-refractivity contribution in [3.63, 3.8) is 0 Å². The van der Waals surface area contributed by atoms with Gasteiger partial charge >= 0.3 is 0 Å². The van der Waals surface area contributed by atoms with Crippen molar-refractivity contribution in [2.24, 2.45) is 5.41 Å². The van der Waals surface area contributed by atoms with E-state index in [-0.39, 0.29) is 22.1 Å². The number of hydroxylamine groups is 1. The van der Waals surface area contributed by atoms with Crippen LogP contribution >= 0.6 is 0 Å². The Balaban J connectivity index is 1.47. The molecular weight excluding hydrogens is 368 g/mol. The quantitative estimate of drug-likeness (QED) is 0.376. The molecule has 29 heavy (non-hydrogen) atoms. The molecular formula is C22H26N4O3. The molecule has 7 nitrogen and oxygen atoms in total. The molecule has 1 saturated heterocycles. The largest absolute Gasteiger partial charge is 0.384 e. The Morgan fingerprint density at radius 2 is 2.17 bits per heavy atom. The highest BCUT2D eigenvalue weighted by Gasteiger charge is 2.68. The van der Waals surface area contributed by atoms with E-state index >= 15 is 0 Å². The molecule has 0 radical (unpaired) electrons. The Hall–Kier alpha value is -2.74. The van der Waals surface area contributed by atoms with Gasteiger partial charge in [-0.1, -0.05) is 24.3 Å². The molecule has 2 unspecified atom stereocenters. The number of rotatable bonds is 6. The molecule has 1 heterocycles. The number of carbonyl (C=O) groups excluding carboxylic acids is 1. The van der Waals surface area contributed by atoms with Crippen molar-refractivity contribution in [2.45, 2.75) is 18.3 Å². The fourth-order valence-electron chi connectivity index (χ4n) is 4.80. The van der Waals surface area contributed by atoms with Crippen LogP contribution in [0, 0.1) is 10.8 Å². The van der Waals surface area contributed by atoms with Crippen molar-refractivity contribution in [2.75, 3.05) is 32.1 Å². The minimum absolute atomic E-state index is 0.0547. The monoisotopic (exact) mass is 394 g/mol. The number of nitrogens with one attached hydrogen (secondary N) is 4. The molecule has 1 amide bonds. The first kappa shape index (κ1) is 19.6. The highest BCUT2D eigenvalue weighted by Crippen LogP contribution is 2.67. The number of piperidine rings is 1. The van der Waals surface area contributed by atoms with Gasteiger partial charge in [0.05, 0.1) is 17.9 Å². The van der Waals surface area contributed by atoms with E-state index in [9.17, 15) is 4.79 Å². The van der Waals surface area contributed by atoms with Gasteiger partial charge in [0.15, 0.2) is 0 Å². The number of methoxy groups -OCH3 is 1. The Labute approximate surface area is 170 Å². The normalized spacial score (nSPS) is 29.2. The zero-order chi connectivity index (χ0) is 20.5. The molecule has 1 aromatic rings. The van der Waals surface area contributed by atoms with E-state index in [1.54, 1.807) is 30.9 Å². The molecule has 1 saturated carbocycles. The first-order valence-corrected chi connectivity index (χ1v) is 9.74. The lowest BCUT2D eigenvalue weighted by Crippen LogP contribution is -2.40. The van der Waals surface area contributed by atoms with Crippen LogP contribution in [0.3, 0.4) is 0 Å². The van der Waals surface area contributed by atoms with Crippen molar-refractivity contribution in [1.82, 2.24) is 10.8 Å². The Morgan fingerprint density at radius 3 is 2.90 bits per heavy atom. The lowest BCUT2D eigenvalue weighted by molar-refractivity contribution is -0.124. The second-order valence-electron chi connectivity index (χ2n) is 7.98. The summed E-state index contributed by atoms with van der Waals surface area (Å²) in [5.74, 6) is -0.695. The molecule has 152 valence electrons. The molecule has 4 rings (SSSR count). The second-order valence-corrected chi connectivity index (χ2v) is 7.98. The fraction of sp³-hybridized carbons (Fsp3) is 0.364. The van der Waals surface area contributed by atoms with Crippen molar-refractivity contribution in [1.29, 1.82) is 5.41 Å². The van der Waals surface area contributed by atoms with Gasteiger partial charge in [0, 0.05) is 41.9 Å². The highest BCUT2D eigenvalue weighted by molar-refractivity contribution is 6.28. The van der Waals surface area contributed by atoms with E-state index in [4.69, 9.17) is 15.4 Å². The number of amides is 1. The molecule has 7 heteroatoms. The number of hydrogen-bond donors (Lipinski definition) is 5. The molecule has 2 aliphatic carbocycles. The molecule has 0 spiro atoms. The number of fused-ring (bicyclic) bond motifs is 1. The SMILES string of the molecule is COCC12CNCCC1(c1ccc(N/C=C3/C=CC=C(C(=O)NO)C3=N)cc1)C2. The highest BCUT2D eigenvalue weighted by atomic mass is 16.5. The minimum atomic E-state index is -0.695. The van der Waals surface area contributed by atoms with Crippen molar-refractivity contribution < 1.29 is 14.7 Å². The molecule has 0 aromatic heterocycles. The van der Waals surface area contributed by atoms with E-state index in [0.717, 1.165) is 38.2 Å². The lowest BCUT2D eigenvalue weighted by Gasteiger charge is -2.31. The number of carbonyl (C=O) groups is 1. The summed E-state index contributed by atoms with van der Waals surface area (Å²) in [5.41, 5.74) is 4.98. The van der Waals surface area contributed by atoms with Crippen LogP contribution in [-0.4, -0.2) is 43.6 Å². The van der Waals surface area contributed by atoms with Crippen LogP contribution in [0.2, 0.25) is 0 Å². The van der Waals surface area contributed by atoms with Gasteiger partial charge in [-0.15, -0.1) is 0 Å². The van der Waals surface area contributed by atoms with E-state index in [2.05, 4.69) is 22.8 Å². The van der Waals surface area contributed by atoms with Gasteiger partial charge < -0.3 is 15.4 Å². The van der Waals surface area contributed by atoms with Crippen LogP contribution in [-0.2, 0) is 14.9 Å². The van der Waals surface area contributed by atoms with Crippen molar-refractivity contribution >= 4 is 17.3 Å². The maximum atomic E-state index is 11.6. The Kier molecular flexibility index (Phi) is 5.12.